The molecule has 0 atom stereocenters. The number of thiazole rings is 1. The first-order valence-corrected chi connectivity index (χ1v) is 6.83. The standard InChI is InChI=1S/C15H13NO2S/c17-13-8-4-7-12-15(13)19-14(16-12)10-18-9-11-5-2-1-3-6-11/h1-8,17H,9-10H2. The van der Waals surface area contributed by atoms with Gasteiger partial charge in [0, 0.05) is 0 Å². The Kier molecular flexibility index (Phi) is 3.44. The molecule has 0 aliphatic heterocycles. The quantitative estimate of drug-likeness (QED) is 0.786. The fourth-order valence-electron chi connectivity index (χ4n) is 1.87. The number of benzene rings is 2. The Balaban J connectivity index is 1.67. The van der Waals surface area contributed by atoms with Crippen LogP contribution in [0.3, 0.4) is 0 Å². The van der Waals surface area contributed by atoms with E-state index < -0.39 is 0 Å². The number of phenolic OH excluding ortho intramolecular Hbond substituents is 1. The second-order valence-electron chi connectivity index (χ2n) is 4.21. The van der Waals surface area contributed by atoms with Crippen molar-refractivity contribution in [3.05, 3.63) is 59.1 Å². The van der Waals surface area contributed by atoms with Crippen molar-refractivity contribution in [3.8, 4) is 5.75 Å². The average Bonchev–Trinajstić information content (AvgIpc) is 2.84. The molecule has 0 aliphatic rings. The van der Waals surface area contributed by atoms with Gasteiger partial charge in [0.15, 0.2) is 0 Å². The SMILES string of the molecule is Oc1cccc2nc(COCc3ccccc3)sc12. The zero-order valence-corrected chi connectivity index (χ0v) is 11.1. The number of hydrogen-bond acceptors (Lipinski definition) is 4. The van der Waals surface area contributed by atoms with E-state index in [1.165, 1.54) is 11.3 Å². The van der Waals surface area contributed by atoms with Crippen molar-refractivity contribution < 1.29 is 9.84 Å². The maximum absolute atomic E-state index is 9.72. The second kappa shape index (κ2) is 5.38. The molecule has 3 aromatic rings. The van der Waals surface area contributed by atoms with Crippen molar-refractivity contribution in [1.29, 1.82) is 0 Å². The van der Waals surface area contributed by atoms with Crippen LogP contribution in [0.2, 0.25) is 0 Å². The Bertz CT molecular complexity index is 679. The molecule has 0 bridgehead atoms. The summed E-state index contributed by atoms with van der Waals surface area (Å²) in [7, 11) is 0. The summed E-state index contributed by atoms with van der Waals surface area (Å²) in [5.74, 6) is 0.282. The maximum atomic E-state index is 9.72. The van der Waals surface area contributed by atoms with E-state index in [1.54, 1.807) is 12.1 Å². The molecular formula is C15H13NO2S. The number of fused-ring (bicyclic) bond motifs is 1. The topological polar surface area (TPSA) is 42.4 Å². The van der Waals surface area contributed by atoms with Crippen LogP contribution in [0.5, 0.6) is 5.75 Å². The van der Waals surface area contributed by atoms with E-state index in [1.807, 2.05) is 36.4 Å². The van der Waals surface area contributed by atoms with E-state index >= 15 is 0 Å². The first kappa shape index (κ1) is 12.1. The predicted octanol–water partition coefficient (Wildman–Crippen LogP) is 3.72. The summed E-state index contributed by atoms with van der Waals surface area (Å²) >= 11 is 1.47. The maximum Gasteiger partial charge on any atom is 0.135 e. The third-order valence-electron chi connectivity index (χ3n) is 2.78. The molecule has 3 nitrogen and oxygen atoms in total. The molecule has 96 valence electrons. The highest BCUT2D eigenvalue weighted by Gasteiger charge is 2.07. The number of aromatic hydroxyl groups is 1. The van der Waals surface area contributed by atoms with Gasteiger partial charge in [0.2, 0.25) is 0 Å². The molecule has 0 saturated heterocycles. The van der Waals surface area contributed by atoms with Crippen molar-refractivity contribution in [2.75, 3.05) is 0 Å². The minimum absolute atomic E-state index is 0.282. The highest BCUT2D eigenvalue weighted by atomic mass is 32.1. The predicted molar refractivity (Wildman–Crippen MR) is 76.2 cm³/mol. The van der Waals surface area contributed by atoms with Gasteiger partial charge in [0.05, 0.1) is 23.4 Å². The van der Waals surface area contributed by atoms with Crippen LogP contribution < -0.4 is 0 Å². The van der Waals surface area contributed by atoms with Crippen LogP contribution in [0.15, 0.2) is 48.5 Å². The first-order valence-electron chi connectivity index (χ1n) is 6.02. The van der Waals surface area contributed by atoms with Crippen LogP contribution in [0.4, 0.5) is 0 Å². The van der Waals surface area contributed by atoms with Crippen LogP contribution in [0.25, 0.3) is 10.2 Å². The van der Waals surface area contributed by atoms with Crippen LogP contribution in [-0.2, 0) is 18.0 Å². The molecule has 3 rings (SSSR count). The fraction of sp³-hybridized carbons (Fsp3) is 0.133. The van der Waals surface area contributed by atoms with Gasteiger partial charge in [-0.1, -0.05) is 36.4 Å². The van der Waals surface area contributed by atoms with Gasteiger partial charge in [-0.15, -0.1) is 11.3 Å². The van der Waals surface area contributed by atoms with Gasteiger partial charge >= 0.3 is 0 Å². The van der Waals surface area contributed by atoms with Crippen LogP contribution >= 0.6 is 11.3 Å². The lowest BCUT2D eigenvalue weighted by Gasteiger charge is -2.01. The molecule has 4 heteroatoms. The van der Waals surface area contributed by atoms with E-state index in [9.17, 15) is 5.11 Å². The summed E-state index contributed by atoms with van der Waals surface area (Å²) in [5.41, 5.74) is 1.97. The molecule has 0 amide bonds. The lowest BCUT2D eigenvalue weighted by molar-refractivity contribution is 0.107. The van der Waals surface area contributed by atoms with Crippen LogP contribution in [0.1, 0.15) is 10.6 Å². The zero-order chi connectivity index (χ0) is 13.1. The molecule has 0 unspecified atom stereocenters. The van der Waals surface area contributed by atoms with Gasteiger partial charge in [0.25, 0.3) is 0 Å². The monoisotopic (exact) mass is 271 g/mol. The Hall–Kier alpha value is -1.91. The summed E-state index contributed by atoms with van der Waals surface area (Å²) in [4.78, 5) is 4.44. The zero-order valence-electron chi connectivity index (χ0n) is 10.2. The van der Waals surface area contributed by atoms with Crippen molar-refractivity contribution in [2.45, 2.75) is 13.2 Å². The molecule has 0 spiro atoms. The minimum Gasteiger partial charge on any atom is -0.506 e. The number of rotatable bonds is 4. The van der Waals surface area contributed by atoms with Crippen molar-refractivity contribution in [1.82, 2.24) is 4.98 Å². The Labute approximate surface area is 115 Å². The lowest BCUT2D eigenvalue weighted by atomic mass is 10.2. The summed E-state index contributed by atoms with van der Waals surface area (Å²) in [6.07, 6.45) is 0. The van der Waals surface area contributed by atoms with E-state index in [-0.39, 0.29) is 5.75 Å². The third-order valence-corrected chi connectivity index (χ3v) is 3.84. The van der Waals surface area contributed by atoms with Gasteiger partial charge in [-0.25, -0.2) is 4.98 Å². The summed E-state index contributed by atoms with van der Waals surface area (Å²) in [6.45, 7) is 1.04. The molecule has 1 aromatic heterocycles. The van der Waals surface area contributed by atoms with E-state index in [2.05, 4.69) is 4.98 Å². The van der Waals surface area contributed by atoms with Gasteiger partial charge in [-0.05, 0) is 17.7 Å². The van der Waals surface area contributed by atoms with Gasteiger partial charge in [-0.2, -0.15) is 0 Å². The van der Waals surface area contributed by atoms with Gasteiger partial charge in [0.1, 0.15) is 10.8 Å². The van der Waals surface area contributed by atoms with Crippen LogP contribution in [0, 0.1) is 0 Å². The number of hydrogen-bond donors (Lipinski definition) is 1. The van der Waals surface area contributed by atoms with Crippen LogP contribution in [-0.4, -0.2) is 10.1 Å². The molecule has 0 saturated carbocycles. The molecular weight excluding hydrogens is 258 g/mol. The van der Waals surface area contributed by atoms with Crippen molar-refractivity contribution >= 4 is 21.6 Å². The van der Waals surface area contributed by atoms with Gasteiger partial charge < -0.3 is 9.84 Å². The largest absolute Gasteiger partial charge is 0.506 e. The minimum atomic E-state index is 0.282. The fourth-order valence-corrected chi connectivity index (χ4v) is 2.79. The Morgan fingerprint density at radius 1 is 1.00 bits per heavy atom. The van der Waals surface area contributed by atoms with Crippen molar-refractivity contribution in [3.63, 3.8) is 0 Å². The van der Waals surface area contributed by atoms with E-state index in [4.69, 9.17) is 4.74 Å². The summed E-state index contributed by atoms with van der Waals surface area (Å²) in [6, 6.07) is 15.4. The molecule has 1 N–H and O–H groups in total. The Morgan fingerprint density at radius 2 is 1.84 bits per heavy atom. The number of ether oxygens (including phenoxy) is 1. The number of phenols is 1. The van der Waals surface area contributed by atoms with E-state index in [0.29, 0.717) is 13.2 Å². The molecule has 1 heterocycles. The smallest absolute Gasteiger partial charge is 0.135 e. The highest BCUT2D eigenvalue weighted by Crippen LogP contribution is 2.30. The Morgan fingerprint density at radius 3 is 2.63 bits per heavy atom. The summed E-state index contributed by atoms with van der Waals surface area (Å²) < 4.78 is 6.46. The first-order chi connectivity index (χ1) is 9.33. The average molecular weight is 271 g/mol. The summed E-state index contributed by atoms with van der Waals surface area (Å²) in [5, 5.41) is 10.6. The van der Waals surface area contributed by atoms with Gasteiger partial charge in [-0.3, -0.25) is 0 Å². The highest BCUT2D eigenvalue weighted by molar-refractivity contribution is 7.18. The molecule has 0 aliphatic carbocycles. The third kappa shape index (κ3) is 2.75. The molecule has 0 radical (unpaired) electrons. The van der Waals surface area contributed by atoms with Crippen molar-refractivity contribution in [2.24, 2.45) is 0 Å². The number of aromatic nitrogens is 1. The molecule has 0 fully saturated rings. The second-order valence-corrected chi connectivity index (χ2v) is 5.30. The number of nitrogens with zero attached hydrogens (tertiary/aromatic N) is 1. The molecule has 2 aromatic carbocycles. The normalized spacial score (nSPS) is 10.9. The lowest BCUT2D eigenvalue weighted by Crippen LogP contribution is -1.93. The van der Waals surface area contributed by atoms with E-state index in [0.717, 1.165) is 20.8 Å². The molecule has 19 heavy (non-hydrogen) atoms.